The van der Waals surface area contributed by atoms with Gasteiger partial charge in [-0.25, -0.2) is 0 Å². The monoisotopic (exact) mass is 285 g/mol. The van der Waals surface area contributed by atoms with E-state index in [4.69, 9.17) is 9.47 Å². The highest BCUT2D eigenvalue weighted by Crippen LogP contribution is 2.16. The lowest BCUT2D eigenvalue weighted by molar-refractivity contribution is 0.0439. The third-order valence-electron chi connectivity index (χ3n) is 3.29. The molecule has 1 N–H and O–H groups in total. The molecule has 0 fully saturated rings. The highest BCUT2D eigenvalue weighted by atomic mass is 16.5. The largest absolute Gasteiger partial charge is 0.491 e. The van der Waals surface area contributed by atoms with Crippen molar-refractivity contribution in [3.8, 4) is 5.75 Å². The van der Waals surface area contributed by atoms with Gasteiger partial charge in [-0.2, -0.15) is 0 Å². The second kappa shape index (κ2) is 8.45. The summed E-state index contributed by atoms with van der Waals surface area (Å²) in [7, 11) is 1.94. The summed E-state index contributed by atoms with van der Waals surface area (Å²) < 4.78 is 11.5. The number of hydrogen-bond acceptors (Lipinski definition) is 3. The Labute approximate surface area is 126 Å². The summed E-state index contributed by atoms with van der Waals surface area (Å²) >= 11 is 0. The van der Waals surface area contributed by atoms with Crippen molar-refractivity contribution in [2.24, 2.45) is 0 Å². The topological polar surface area (TPSA) is 30.5 Å². The van der Waals surface area contributed by atoms with Crippen LogP contribution in [-0.4, -0.2) is 20.3 Å². The average molecular weight is 285 g/mol. The lowest BCUT2D eigenvalue weighted by Crippen LogP contribution is -2.09. The Morgan fingerprint density at radius 1 is 0.952 bits per heavy atom. The molecule has 0 bridgehead atoms. The molecule has 0 aromatic heterocycles. The first-order valence-corrected chi connectivity index (χ1v) is 7.32. The van der Waals surface area contributed by atoms with Gasteiger partial charge in [0, 0.05) is 6.54 Å². The molecule has 0 aliphatic rings. The Hall–Kier alpha value is -1.84. The summed E-state index contributed by atoms with van der Waals surface area (Å²) in [5.74, 6) is 0.880. The number of nitrogens with one attached hydrogen (secondary N) is 1. The van der Waals surface area contributed by atoms with Crippen molar-refractivity contribution >= 4 is 0 Å². The molecule has 0 spiro atoms. The SMILES string of the molecule is CNCc1ccc(OCCOC(C)c2ccccc2)cc1. The van der Waals surface area contributed by atoms with Crippen molar-refractivity contribution in [2.75, 3.05) is 20.3 Å². The van der Waals surface area contributed by atoms with Crippen molar-refractivity contribution in [1.29, 1.82) is 0 Å². The van der Waals surface area contributed by atoms with Crippen LogP contribution < -0.4 is 10.1 Å². The molecule has 2 aromatic carbocycles. The molecule has 3 nitrogen and oxygen atoms in total. The molecule has 112 valence electrons. The number of benzene rings is 2. The van der Waals surface area contributed by atoms with Crippen molar-refractivity contribution in [1.82, 2.24) is 5.32 Å². The summed E-state index contributed by atoms with van der Waals surface area (Å²) in [5, 5.41) is 3.12. The smallest absolute Gasteiger partial charge is 0.119 e. The molecule has 0 saturated carbocycles. The van der Waals surface area contributed by atoms with Crippen molar-refractivity contribution in [3.05, 3.63) is 65.7 Å². The lowest BCUT2D eigenvalue weighted by Gasteiger charge is -2.14. The van der Waals surface area contributed by atoms with Gasteiger partial charge in [-0.1, -0.05) is 42.5 Å². The molecule has 0 radical (unpaired) electrons. The fraction of sp³-hybridized carbons (Fsp3) is 0.333. The molecule has 1 atom stereocenters. The van der Waals surface area contributed by atoms with Crippen LogP contribution in [-0.2, 0) is 11.3 Å². The maximum Gasteiger partial charge on any atom is 0.119 e. The lowest BCUT2D eigenvalue weighted by atomic mass is 10.1. The second-order valence-corrected chi connectivity index (χ2v) is 4.95. The minimum Gasteiger partial charge on any atom is -0.491 e. The van der Waals surface area contributed by atoms with Gasteiger partial charge in [0.2, 0.25) is 0 Å². The van der Waals surface area contributed by atoms with Gasteiger partial charge in [0.1, 0.15) is 12.4 Å². The Bertz CT molecular complexity index is 511. The van der Waals surface area contributed by atoms with Crippen molar-refractivity contribution in [2.45, 2.75) is 19.6 Å². The van der Waals surface area contributed by atoms with Crippen LogP contribution in [0.1, 0.15) is 24.2 Å². The summed E-state index contributed by atoms with van der Waals surface area (Å²) in [4.78, 5) is 0. The van der Waals surface area contributed by atoms with E-state index in [1.807, 2.05) is 37.4 Å². The zero-order valence-corrected chi connectivity index (χ0v) is 12.7. The third kappa shape index (κ3) is 5.21. The maximum absolute atomic E-state index is 5.78. The van der Waals surface area contributed by atoms with Crippen LogP contribution in [0.2, 0.25) is 0 Å². The van der Waals surface area contributed by atoms with Gasteiger partial charge in [0.15, 0.2) is 0 Å². The Kier molecular flexibility index (Phi) is 6.25. The van der Waals surface area contributed by atoms with Crippen LogP contribution in [0.25, 0.3) is 0 Å². The fourth-order valence-electron chi connectivity index (χ4n) is 2.11. The van der Waals surface area contributed by atoms with Gasteiger partial charge in [-0.05, 0) is 37.2 Å². The van der Waals surface area contributed by atoms with Crippen LogP contribution >= 0.6 is 0 Å². The van der Waals surface area contributed by atoms with Gasteiger partial charge >= 0.3 is 0 Å². The first-order valence-electron chi connectivity index (χ1n) is 7.32. The maximum atomic E-state index is 5.78. The van der Waals surface area contributed by atoms with E-state index in [0.717, 1.165) is 12.3 Å². The molecule has 21 heavy (non-hydrogen) atoms. The van der Waals surface area contributed by atoms with Gasteiger partial charge in [-0.15, -0.1) is 0 Å². The number of ether oxygens (including phenoxy) is 2. The molecule has 0 aliphatic heterocycles. The van der Waals surface area contributed by atoms with Gasteiger partial charge in [-0.3, -0.25) is 0 Å². The molecule has 0 saturated heterocycles. The molecular weight excluding hydrogens is 262 g/mol. The van der Waals surface area contributed by atoms with E-state index in [1.54, 1.807) is 0 Å². The highest BCUT2D eigenvalue weighted by molar-refractivity contribution is 5.27. The predicted molar refractivity (Wildman–Crippen MR) is 85.5 cm³/mol. The molecule has 0 heterocycles. The van der Waals surface area contributed by atoms with E-state index >= 15 is 0 Å². The van der Waals surface area contributed by atoms with Crippen LogP contribution in [0.3, 0.4) is 0 Å². The van der Waals surface area contributed by atoms with Gasteiger partial charge < -0.3 is 14.8 Å². The first-order chi connectivity index (χ1) is 10.3. The summed E-state index contributed by atoms with van der Waals surface area (Å²) in [6.45, 7) is 4.07. The van der Waals surface area contributed by atoms with E-state index in [2.05, 4.69) is 36.5 Å². The fourth-order valence-corrected chi connectivity index (χ4v) is 2.11. The number of hydrogen-bond donors (Lipinski definition) is 1. The van der Waals surface area contributed by atoms with Crippen LogP contribution in [0.4, 0.5) is 0 Å². The Morgan fingerprint density at radius 3 is 2.33 bits per heavy atom. The van der Waals surface area contributed by atoms with Crippen LogP contribution in [0, 0.1) is 0 Å². The molecule has 2 rings (SSSR count). The van der Waals surface area contributed by atoms with Gasteiger partial charge in [0.05, 0.1) is 12.7 Å². The Balaban J connectivity index is 1.69. The predicted octanol–water partition coefficient (Wildman–Crippen LogP) is 3.56. The quantitative estimate of drug-likeness (QED) is 0.752. The molecular formula is C18H23NO2. The molecule has 0 aliphatic carbocycles. The standard InChI is InChI=1S/C18H23NO2/c1-15(17-6-4-3-5-7-17)20-12-13-21-18-10-8-16(9-11-18)14-19-2/h3-11,15,19H,12-14H2,1-2H3. The van der Waals surface area contributed by atoms with E-state index < -0.39 is 0 Å². The zero-order chi connectivity index (χ0) is 14.9. The molecule has 2 aromatic rings. The molecule has 0 amide bonds. The average Bonchev–Trinajstić information content (AvgIpc) is 2.54. The van der Waals surface area contributed by atoms with Crippen molar-refractivity contribution in [3.63, 3.8) is 0 Å². The highest BCUT2D eigenvalue weighted by Gasteiger charge is 2.04. The second-order valence-electron chi connectivity index (χ2n) is 4.95. The van der Waals surface area contributed by atoms with Crippen molar-refractivity contribution < 1.29 is 9.47 Å². The van der Waals surface area contributed by atoms with Gasteiger partial charge in [0.25, 0.3) is 0 Å². The molecule has 1 unspecified atom stereocenters. The summed E-state index contributed by atoms with van der Waals surface area (Å²) in [6.07, 6.45) is 0.0906. The summed E-state index contributed by atoms with van der Waals surface area (Å²) in [5.41, 5.74) is 2.44. The normalized spacial score (nSPS) is 12.1. The summed E-state index contributed by atoms with van der Waals surface area (Å²) in [6, 6.07) is 18.3. The molecule has 3 heteroatoms. The van der Waals surface area contributed by atoms with E-state index in [-0.39, 0.29) is 6.10 Å². The number of rotatable bonds is 8. The van der Waals surface area contributed by atoms with E-state index in [9.17, 15) is 0 Å². The van der Waals surface area contributed by atoms with E-state index in [0.29, 0.717) is 13.2 Å². The van der Waals surface area contributed by atoms with E-state index in [1.165, 1.54) is 11.1 Å². The zero-order valence-electron chi connectivity index (χ0n) is 12.7. The minimum absolute atomic E-state index is 0.0906. The minimum atomic E-state index is 0.0906. The Morgan fingerprint density at radius 2 is 1.67 bits per heavy atom. The first kappa shape index (κ1) is 15.5. The van der Waals surface area contributed by atoms with Crippen LogP contribution in [0.5, 0.6) is 5.75 Å². The van der Waals surface area contributed by atoms with Crippen LogP contribution in [0.15, 0.2) is 54.6 Å². The third-order valence-corrected chi connectivity index (χ3v) is 3.29.